The molecule has 0 aromatic heterocycles. The monoisotopic (exact) mass is 340 g/mol. The summed E-state index contributed by atoms with van der Waals surface area (Å²) in [5, 5.41) is 12.5. The van der Waals surface area contributed by atoms with Gasteiger partial charge in [-0.25, -0.2) is 9.59 Å². The Hall–Kier alpha value is -2.68. The number of carbonyl (C=O) groups excluding carboxylic acids is 2. The molecule has 0 saturated carbocycles. The molecule has 0 aliphatic carbocycles. The van der Waals surface area contributed by atoms with Gasteiger partial charge >= 0.3 is 12.1 Å². The van der Waals surface area contributed by atoms with E-state index in [4.69, 9.17) is 9.47 Å². The highest BCUT2D eigenvalue weighted by atomic mass is 16.6. The Morgan fingerprint density at radius 2 is 2.00 bits per heavy atom. The number of hydrogen-bond donors (Lipinski definition) is 1. The maximum atomic E-state index is 11.7. The zero-order valence-corrected chi connectivity index (χ0v) is 13.3. The van der Waals surface area contributed by atoms with Crippen LogP contribution in [-0.2, 0) is 25.6 Å². The van der Waals surface area contributed by atoms with Crippen LogP contribution < -0.4 is 5.32 Å². The molecule has 1 atom stereocenters. The number of esters is 1. The topological polar surface area (TPSA) is 117 Å². The number of amides is 1. The maximum Gasteiger partial charge on any atom is 0.408 e. The molecule has 0 fully saturated rings. The summed E-state index contributed by atoms with van der Waals surface area (Å²) in [5.41, 5.74) is 0.804. The Balaban J connectivity index is 2.36. The smallest absolute Gasteiger partial charge is 0.408 e. The van der Waals surface area contributed by atoms with Crippen LogP contribution in [0.1, 0.15) is 12.0 Å². The van der Waals surface area contributed by atoms with Gasteiger partial charge in [-0.3, -0.25) is 10.1 Å². The van der Waals surface area contributed by atoms with E-state index in [0.717, 1.165) is 5.56 Å². The van der Waals surface area contributed by atoms with Crippen LogP contribution in [0.2, 0.25) is 0 Å². The zero-order valence-electron chi connectivity index (χ0n) is 13.3. The SMILES string of the molecule is COC(=O)[C@H](COCCC[N+](=O)[O-])NC(=O)OCc1ccccc1. The van der Waals surface area contributed by atoms with Crippen molar-refractivity contribution in [3.05, 3.63) is 46.0 Å². The van der Waals surface area contributed by atoms with Crippen LogP contribution in [0.3, 0.4) is 0 Å². The van der Waals surface area contributed by atoms with E-state index in [1.807, 2.05) is 18.2 Å². The van der Waals surface area contributed by atoms with Gasteiger partial charge in [0.05, 0.1) is 20.3 Å². The van der Waals surface area contributed by atoms with Gasteiger partial charge in [-0.05, 0) is 5.56 Å². The molecule has 0 bridgehead atoms. The minimum Gasteiger partial charge on any atom is -0.467 e. The molecule has 0 heterocycles. The number of alkyl carbamates (subject to hydrolysis) is 1. The van der Waals surface area contributed by atoms with Crippen molar-refractivity contribution in [3.8, 4) is 0 Å². The van der Waals surface area contributed by atoms with E-state index in [-0.39, 0.29) is 32.8 Å². The van der Waals surface area contributed by atoms with E-state index in [1.54, 1.807) is 12.1 Å². The molecule has 0 unspecified atom stereocenters. The summed E-state index contributed by atoms with van der Waals surface area (Å²) in [5.74, 6) is -0.694. The molecular formula is C15H20N2O7. The van der Waals surface area contributed by atoms with Gasteiger partial charge in [-0.15, -0.1) is 0 Å². The Kier molecular flexibility index (Phi) is 8.84. The quantitative estimate of drug-likeness (QED) is 0.294. The van der Waals surface area contributed by atoms with E-state index in [9.17, 15) is 19.7 Å². The van der Waals surface area contributed by atoms with Crippen LogP contribution in [0.25, 0.3) is 0 Å². The molecule has 1 aromatic rings. The first-order chi connectivity index (χ1) is 11.5. The molecule has 0 aliphatic rings. The molecule has 0 aliphatic heterocycles. The van der Waals surface area contributed by atoms with Crippen molar-refractivity contribution >= 4 is 12.1 Å². The number of carbonyl (C=O) groups is 2. The van der Waals surface area contributed by atoms with Crippen LogP contribution in [0.15, 0.2) is 30.3 Å². The second-order valence-electron chi connectivity index (χ2n) is 4.77. The number of rotatable bonds is 10. The first-order valence-electron chi connectivity index (χ1n) is 7.27. The first kappa shape index (κ1) is 19.4. The molecule has 9 nitrogen and oxygen atoms in total. The largest absolute Gasteiger partial charge is 0.467 e. The maximum absolute atomic E-state index is 11.7. The summed E-state index contributed by atoms with van der Waals surface area (Å²) in [4.78, 5) is 33.1. The molecule has 9 heteroatoms. The van der Waals surface area contributed by atoms with Gasteiger partial charge in [0.2, 0.25) is 6.54 Å². The fraction of sp³-hybridized carbons (Fsp3) is 0.467. The van der Waals surface area contributed by atoms with E-state index in [0.29, 0.717) is 0 Å². The van der Waals surface area contributed by atoms with Gasteiger partial charge < -0.3 is 19.5 Å². The van der Waals surface area contributed by atoms with Crippen molar-refractivity contribution in [2.24, 2.45) is 0 Å². The summed E-state index contributed by atoms with van der Waals surface area (Å²) in [6, 6.07) is 8.01. The van der Waals surface area contributed by atoms with Crippen LogP contribution in [0.4, 0.5) is 4.79 Å². The van der Waals surface area contributed by atoms with Crippen molar-refractivity contribution in [1.29, 1.82) is 0 Å². The summed E-state index contributed by atoms with van der Waals surface area (Å²) >= 11 is 0. The lowest BCUT2D eigenvalue weighted by Crippen LogP contribution is -2.45. The van der Waals surface area contributed by atoms with E-state index in [1.165, 1.54) is 7.11 Å². The number of nitro groups is 1. The lowest BCUT2D eigenvalue weighted by atomic mass is 10.2. The molecule has 0 saturated heterocycles. The lowest BCUT2D eigenvalue weighted by molar-refractivity contribution is -0.481. The number of methoxy groups -OCH3 is 1. The Labute approximate surface area is 139 Å². The molecule has 0 spiro atoms. The predicted octanol–water partition coefficient (Wildman–Crippen LogP) is 1.14. The first-order valence-corrected chi connectivity index (χ1v) is 7.27. The Morgan fingerprint density at radius 3 is 2.62 bits per heavy atom. The van der Waals surface area contributed by atoms with Crippen LogP contribution in [-0.4, -0.2) is 49.9 Å². The van der Waals surface area contributed by atoms with Crippen molar-refractivity contribution in [2.75, 3.05) is 26.9 Å². The standard InChI is InChI=1S/C15H20N2O7/c1-22-14(18)13(11-23-9-5-8-17(20)21)16-15(19)24-10-12-6-3-2-4-7-12/h2-4,6-7,13H,5,8-11H2,1H3,(H,16,19)/t13-/m0/s1. The van der Waals surface area contributed by atoms with Crippen molar-refractivity contribution < 1.29 is 28.7 Å². The van der Waals surface area contributed by atoms with Gasteiger partial charge in [-0.1, -0.05) is 30.3 Å². The molecule has 0 radical (unpaired) electrons. The lowest BCUT2D eigenvalue weighted by Gasteiger charge is -2.16. The van der Waals surface area contributed by atoms with E-state index < -0.39 is 23.0 Å². The Bertz CT molecular complexity index is 536. The molecule has 1 rings (SSSR count). The van der Waals surface area contributed by atoms with Crippen LogP contribution in [0, 0.1) is 10.1 Å². The number of nitrogens with one attached hydrogen (secondary N) is 1. The van der Waals surface area contributed by atoms with Crippen molar-refractivity contribution in [3.63, 3.8) is 0 Å². The summed E-state index contributed by atoms with van der Waals surface area (Å²) in [7, 11) is 1.18. The van der Waals surface area contributed by atoms with Gasteiger partial charge in [0.1, 0.15) is 6.61 Å². The fourth-order valence-electron chi connectivity index (χ4n) is 1.71. The molecule has 24 heavy (non-hydrogen) atoms. The minimum atomic E-state index is -1.05. The third-order valence-corrected chi connectivity index (χ3v) is 2.90. The number of ether oxygens (including phenoxy) is 3. The highest BCUT2D eigenvalue weighted by Crippen LogP contribution is 2.01. The minimum absolute atomic E-state index is 0.0598. The normalized spacial score (nSPS) is 11.4. The van der Waals surface area contributed by atoms with Crippen LogP contribution in [0.5, 0.6) is 0 Å². The van der Waals surface area contributed by atoms with Crippen LogP contribution >= 0.6 is 0 Å². The van der Waals surface area contributed by atoms with Crippen molar-refractivity contribution in [1.82, 2.24) is 5.32 Å². The molecule has 1 amide bonds. The molecule has 132 valence electrons. The average molecular weight is 340 g/mol. The second-order valence-corrected chi connectivity index (χ2v) is 4.77. The summed E-state index contributed by atoms with van der Waals surface area (Å²) in [6.45, 7) is -0.236. The van der Waals surface area contributed by atoms with Gasteiger partial charge in [0.15, 0.2) is 6.04 Å². The highest BCUT2D eigenvalue weighted by Gasteiger charge is 2.22. The van der Waals surface area contributed by atoms with Crippen molar-refractivity contribution in [2.45, 2.75) is 19.1 Å². The molecule has 1 aromatic carbocycles. The predicted molar refractivity (Wildman–Crippen MR) is 82.9 cm³/mol. The van der Waals surface area contributed by atoms with Gasteiger partial charge in [-0.2, -0.15) is 0 Å². The average Bonchev–Trinajstić information content (AvgIpc) is 2.58. The summed E-state index contributed by atoms with van der Waals surface area (Å²) < 4.78 is 14.7. The molecule has 1 N–H and O–H groups in total. The number of hydrogen-bond acceptors (Lipinski definition) is 7. The van der Waals surface area contributed by atoms with Gasteiger partial charge in [0.25, 0.3) is 0 Å². The summed E-state index contributed by atoms with van der Waals surface area (Å²) in [6.07, 6.45) is -0.581. The third-order valence-electron chi connectivity index (χ3n) is 2.90. The Morgan fingerprint density at radius 1 is 1.29 bits per heavy atom. The second kappa shape index (κ2) is 10.9. The number of nitrogens with zero attached hydrogens (tertiary/aromatic N) is 1. The van der Waals surface area contributed by atoms with E-state index in [2.05, 4.69) is 10.1 Å². The third kappa shape index (κ3) is 8.08. The number of benzene rings is 1. The zero-order chi connectivity index (χ0) is 17.8. The van der Waals surface area contributed by atoms with E-state index >= 15 is 0 Å². The molecular weight excluding hydrogens is 320 g/mol. The van der Waals surface area contributed by atoms with Gasteiger partial charge in [0, 0.05) is 11.3 Å². The highest BCUT2D eigenvalue weighted by molar-refractivity contribution is 5.81. The fourth-order valence-corrected chi connectivity index (χ4v) is 1.71.